The number of hydrogen-bond acceptors (Lipinski definition) is 4. The maximum atomic E-state index is 12.0. The zero-order valence-electron chi connectivity index (χ0n) is 15.4. The average Bonchev–Trinajstić information content (AvgIpc) is 2.93. The quantitative estimate of drug-likeness (QED) is 0.631. The van der Waals surface area contributed by atoms with E-state index in [2.05, 4.69) is 43.2 Å². The van der Waals surface area contributed by atoms with E-state index in [9.17, 15) is 4.79 Å². The number of nitrogens with one attached hydrogen (secondary N) is 1. The first kappa shape index (κ1) is 21.1. The van der Waals surface area contributed by atoms with E-state index >= 15 is 0 Å². The van der Waals surface area contributed by atoms with Crippen LogP contribution in [0.5, 0.6) is 0 Å². The van der Waals surface area contributed by atoms with E-state index in [-0.39, 0.29) is 5.91 Å². The van der Waals surface area contributed by atoms with Gasteiger partial charge in [-0.05, 0) is 30.0 Å². The molecule has 0 aliphatic heterocycles. The van der Waals surface area contributed by atoms with Gasteiger partial charge in [0, 0.05) is 23.7 Å². The number of amides is 1. The average molecular weight is 415 g/mol. The standard InChI is InChI=1S/C18H24Cl2N4OS/c1-11(2)8-21-16(25)10-26-18-23-22-17(24(18)9-12(3)4)14-6-5-13(19)7-15(14)20/h5-7,11-12H,8-10H2,1-4H3,(H,21,25). The van der Waals surface area contributed by atoms with E-state index in [0.717, 1.165) is 12.1 Å². The van der Waals surface area contributed by atoms with Gasteiger partial charge in [0.1, 0.15) is 0 Å². The van der Waals surface area contributed by atoms with Gasteiger partial charge in [0.2, 0.25) is 5.91 Å². The molecule has 8 heteroatoms. The molecule has 1 heterocycles. The molecule has 0 aliphatic carbocycles. The Morgan fingerprint density at radius 1 is 1.19 bits per heavy atom. The predicted molar refractivity (Wildman–Crippen MR) is 109 cm³/mol. The van der Waals surface area contributed by atoms with Gasteiger partial charge in [-0.3, -0.25) is 4.79 Å². The van der Waals surface area contributed by atoms with Crippen LogP contribution in [0.3, 0.4) is 0 Å². The van der Waals surface area contributed by atoms with Crippen molar-refractivity contribution >= 4 is 40.9 Å². The van der Waals surface area contributed by atoms with Crippen LogP contribution < -0.4 is 5.32 Å². The van der Waals surface area contributed by atoms with Crippen LogP contribution in [-0.2, 0) is 11.3 Å². The van der Waals surface area contributed by atoms with Crippen LogP contribution in [0.1, 0.15) is 27.7 Å². The molecule has 0 atom stereocenters. The van der Waals surface area contributed by atoms with Crippen LogP contribution in [0.2, 0.25) is 10.0 Å². The summed E-state index contributed by atoms with van der Waals surface area (Å²) >= 11 is 13.7. The monoisotopic (exact) mass is 414 g/mol. The lowest BCUT2D eigenvalue weighted by Crippen LogP contribution is -2.28. The summed E-state index contributed by atoms with van der Waals surface area (Å²) in [5.74, 6) is 1.80. The summed E-state index contributed by atoms with van der Waals surface area (Å²) in [6.07, 6.45) is 0. The minimum Gasteiger partial charge on any atom is -0.355 e. The molecule has 1 aromatic carbocycles. The Morgan fingerprint density at radius 3 is 2.54 bits per heavy atom. The minimum atomic E-state index is -0.00567. The van der Waals surface area contributed by atoms with Gasteiger partial charge in [-0.2, -0.15) is 0 Å². The highest BCUT2D eigenvalue weighted by molar-refractivity contribution is 7.99. The number of halogens is 2. The minimum absolute atomic E-state index is 0.00567. The van der Waals surface area contributed by atoms with Gasteiger partial charge >= 0.3 is 0 Å². The predicted octanol–water partition coefficient (Wildman–Crippen LogP) is 4.77. The molecule has 0 bridgehead atoms. The van der Waals surface area contributed by atoms with Crippen molar-refractivity contribution < 1.29 is 4.79 Å². The number of benzene rings is 1. The van der Waals surface area contributed by atoms with E-state index in [0.29, 0.717) is 45.2 Å². The zero-order valence-corrected chi connectivity index (χ0v) is 17.8. The molecule has 0 aliphatic rings. The van der Waals surface area contributed by atoms with Crippen LogP contribution in [-0.4, -0.2) is 33.0 Å². The van der Waals surface area contributed by atoms with Gasteiger partial charge in [0.25, 0.3) is 0 Å². The summed E-state index contributed by atoms with van der Waals surface area (Å²) in [5.41, 5.74) is 0.778. The van der Waals surface area contributed by atoms with E-state index in [1.807, 2.05) is 10.6 Å². The second-order valence-electron chi connectivity index (χ2n) is 6.92. The topological polar surface area (TPSA) is 59.8 Å². The summed E-state index contributed by atoms with van der Waals surface area (Å²) < 4.78 is 2.01. The lowest BCUT2D eigenvalue weighted by molar-refractivity contribution is -0.118. The normalized spacial score (nSPS) is 11.4. The third-order valence-electron chi connectivity index (χ3n) is 3.48. The first-order valence-electron chi connectivity index (χ1n) is 8.56. The number of thioether (sulfide) groups is 1. The van der Waals surface area contributed by atoms with Gasteiger partial charge < -0.3 is 9.88 Å². The largest absolute Gasteiger partial charge is 0.355 e. The van der Waals surface area contributed by atoms with E-state index in [1.54, 1.807) is 12.1 Å². The number of carbonyl (C=O) groups is 1. The Balaban J connectivity index is 2.22. The summed E-state index contributed by atoms with van der Waals surface area (Å²) in [7, 11) is 0. The molecule has 142 valence electrons. The van der Waals surface area contributed by atoms with Crippen LogP contribution in [0.4, 0.5) is 0 Å². The van der Waals surface area contributed by atoms with Gasteiger partial charge in [-0.25, -0.2) is 0 Å². The smallest absolute Gasteiger partial charge is 0.230 e. The highest BCUT2D eigenvalue weighted by Gasteiger charge is 2.18. The van der Waals surface area contributed by atoms with Crippen molar-refractivity contribution in [2.24, 2.45) is 11.8 Å². The molecule has 0 radical (unpaired) electrons. The Bertz CT molecular complexity index is 762. The van der Waals surface area contributed by atoms with Crippen molar-refractivity contribution in [2.75, 3.05) is 12.3 Å². The van der Waals surface area contributed by atoms with Crippen molar-refractivity contribution in [3.05, 3.63) is 28.2 Å². The summed E-state index contributed by atoms with van der Waals surface area (Å²) in [6.45, 7) is 9.78. The van der Waals surface area contributed by atoms with Crippen molar-refractivity contribution in [1.82, 2.24) is 20.1 Å². The molecule has 26 heavy (non-hydrogen) atoms. The molecule has 0 unspecified atom stereocenters. The molecular formula is C18H24Cl2N4OS. The highest BCUT2D eigenvalue weighted by Crippen LogP contribution is 2.31. The molecular weight excluding hydrogens is 391 g/mol. The second kappa shape index (κ2) is 9.62. The zero-order chi connectivity index (χ0) is 19.3. The number of carbonyl (C=O) groups excluding carboxylic acids is 1. The summed E-state index contributed by atoms with van der Waals surface area (Å²) in [4.78, 5) is 12.0. The fraction of sp³-hybridized carbons (Fsp3) is 0.500. The van der Waals surface area contributed by atoms with E-state index in [4.69, 9.17) is 23.2 Å². The summed E-state index contributed by atoms with van der Waals surface area (Å²) in [5, 5.41) is 13.3. The van der Waals surface area contributed by atoms with Gasteiger partial charge in [0.05, 0.1) is 10.8 Å². The number of rotatable bonds is 8. The maximum absolute atomic E-state index is 12.0. The van der Waals surface area contributed by atoms with Gasteiger partial charge in [0.15, 0.2) is 11.0 Å². The van der Waals surface area contributed by atoms with Crippen LogP contribution >= 0.6 is 35.0 Å². The Kier molecular flexibility index (Phi) is 7.80. The van der Waals surface area contributed by atoms with Crippen LogP contribution in [0, 0.1) is 11.8 Å². The molecule has 0 saturated carbocycles. The van der Waals surface area contributed by atoms with E-state index < -0.39 is 0 Å². The van der Waals surface area contributed by atoms with Crippen LogP contribution in [0.25, 0.3) is 11.4 Å². The fourth-order valence-corrected chi connectivity index (χ4v) is 3.57. The maximum Gasteiger partial charge on any atom is 0.230 e. The molecule has 2 aromatic rings. The third-order valence-corrected chi connectivity index (χ3v) is 4.99. The molecule has 0 spiro atoms. The number of aromatic nitrogens is 3. The first-order valence-corrected chi connectivity index (χ1v) is 10.3. The van der Waals surface area contributed by atoms with Crippen molar-refractivity contribution in [3.63, 3.8) is 0 Å². The lowest BCUT2D eigenvalue weighted by Gasteiger charge is -2.13. The molecule has 1 amide bonds. The number of hydrogen-bond donors (Lipinski definition) is 1. The fourth-order valence-electron chi connectivity index (χ4n) is 2.29. The van der Waals surface area contributed by atoms with Gasteiger partial charge in [-0.1, -0.05) is 62.7 Å². The highest BCUT2D eigenvalue weighted by atomic mass is 35.5. The Morgan fingerprint density at radius 2 is 1.92 bits per heavy atom. The molecule has 5 nitrogen and oxygen atoms in total. The lowest BCUT2D eigenvalue weighted by atomic mass is 10.2. The molecule has 2 rings (SSSR count). The van der Waals surface area contributed by atoms with E-state index in [1.165, 1.54) is 11.8 Å². The second-order valence-corrected chi connectivity index (χ2v) is 8.71. The number of nitrogens with zero attached hydrogens (tertiary/aromatic N) is 3. The first-order chi connectivity index (χ1) is 12.3. The van der Waals surface area contributed by atoms with Crippen molar-refractivity contribution in [1.29, 1.82) is 0 Å². The Hall–Kier alpha value is -1.24. The van der Waals surface area contributed by atoms with Crippen molar-refractivity contribution in [3.8, 4) is 11.4 Å². The molecule has 1 N–H and O–H groups in total. The molecule has 1 aromatic heterocycles. The Labute approximate surface area is 168 Å². The molecule has 0 fully saturated rings. The van der Waals surface area contributed by atoms with Crippen molar-refractivity contribution in [2.45, 2.75) is 39.4 Å². The van der Waals surface area contributed by atoms with Gasteiger partial charge in [-0.15, -0.1) is 10.2 Å². The summed E-state index contributed by atoms with van der Waals surface area (Å²) in [6, 6.07) is 5.32. The SMILES string of the molecule is CC(C)CNC(=O)CSc1nnc(-c2ccc(Cl)cc2Cl)n1CC(C)C. The third kappa shape index (κ3) is 5.89. The van der Waals surface area contributed by atoms with Crippen LogP contribution in [0.15, 0.2) is 23.4 Å². The molecule has 0 saturated heterocycles.